The molecule has 1 aromatic heterocycles. The van der Waals surface area contributed by atoms with Crippen LogP contribution in [0.1, 0.15) is 18.4 Å². The molecule has 4 heteroatoms. The minimum Gasteiger partial charge on any atom is -0.373 e. The van der Waals surface area contributed by atoms with Gasteiger partial charge in [-0.25, -0.2) is 4.98 Å². The van der Waals surface area contributed by atoms with E-state index in [0.29, 0.717) is 0 Å². The van der Waals surface area contributed by atoms with Crippen molar-refractivity contribution in [2.45, 2.75) is 12.7 Å². The van der Waals surface area contributed by atoms with Crippen molar-refractivity contribution in [1.29, 1.82) is 0 Å². The number of rotatable bonds is 2. The zero-order valence-electron chi connectivity index (χ0n) is 8.19. The summed E-state index contributed by atoms with van der Waals surface area (Å²) in [6, 6.07) is 5.76. The Morgan fingerprint density at radius 2 is 2.14 bits per heavy atom. The van der Waals surface area contributed by atoms with Crippen LogP contribution in [0.4, 0.5) is 5.82 Å². The van der Waals surface area contributed by atoms with Gasteiger partial charge in [-0.05, 0) is 18.6 Å². The zero-order chi connectivity index (χ0) is 9.80. The highest BCUT2D eigenvalue weighted by Crippen LogP contribution is 2.21. The molecule has 0 spiro atoms. The van der Waals surface area contributed by atoms with Crippen molar-refractivity contribution in [1.82, 2.24) is 4.98 Å². The van der Waals surface area contributed by atoms with Crippen LogP contribution >= 0.6 is 0 Å². The molecule has 4 nitrogen and oxygen atoms in total. The maximum Gasteiger partial charge on any atom is 0.201 e. The molecule has 1 saturated heterocycles. The number of nitrogens with one attached hydrogen (secondary N) is 1. The van der Waals surface area contributed by atoms with Crippen LogP contribution in [0.2, 0.25) is 0 Å². The average Bonchev–Trinajstić information content (AvgIpc) is 2.30. The van der Waals surface area contributed by atoms with Gasteiger partial charge in [0.25, 0.3) is 0 Å². The Hall–Kier alpha value is -1.13. The third-order valence-electron chi connectivity index (χ3n) is 2.10. The van der Waals surface area contributed by atoms with Crippen LogP contribution in [0.3, 0.4) is 0 Å². The number of nitrogens with zero attached hydrogens (tertiary/aromatic N) is 1. The maximum absolute atomic E-state index is 5.45. The van der Waals surface area contributed by atoms with Crippen molar-refractivity contribution >= 4 is 5.82 Å². The van der Waals surface area contributed by atoms with Gasteiger partial charge in [-0.1, -0.05) is 6.07 Å². The predicted octanol–water partition coefficient (Wildman–Crippen LogP) is 1.56. The molecule has 76 valence electrons. The first-order valence-electron chi connectivity index (χ1n) is 4.78. The van der Waals surface area contributed by atoms with Crippen LogP contribution in [0.25, 0.3) is 0 Å². The lowest BCUT2D eigenvalue weighted by molar-refractivity contribution is -0.185. The molecule has 0 aromatic carbocycles. The van der Waals surface area contributed by atoms with Crippen LogP contribution in [-0.4, -0.2) is 25.2 Å². The van der Waals surface area contributed by atoms with Crippen LogP contribution in [0.5, 0.6) is 0 Å². The molecule has 0 saturated carbocycles. The first-order valence-corrected chi connectivity index (χ1v) is 4.78. The van der Waals surface area contributed by atoms with Gasteiger partial charge in [-0.15, -0.1) is 0 Å². The summed E-state index contributed by atoms with van der Waals surface area (Å²) < 4.78 is 10.9. The molecule has 0 atom stereocenters. The summed E-state index contributed by atoms with van der Waals surface area (Å²) in [6.07, 6.45) is 0.666. The van der Waals surface area contributed by atoms with E-state index in [1.807, 2.05) is 25.2 Å². The lowest BCUT2D eigenvalue weighted by Crippen LogP contribution is -2.18. The Morgan fingerprint density at radius 1 is 1.36 bits per heavy atom. The van der Waals surface area contributed by atoms with Crippen LogP contribution in [0, 0.1) is 0 Å². The smallest absolute Gasteiger partial charge is 0.201 e. The van der Waals surface area contributed by atoms with E-state index in [-0.39, 0.29) is 6.29 Å². The third kappa shape index (κ3) is 2.02. The molecule has 0 radical (unpaired) electrons. The number of pyridine rings is 1. The molecule has 2 heterocycles. The molecule has 14 heavy (non-hydrogen) atoms. The van der Waals surface area contributed by atoms with Crippen molar-refractivity contribution in [3.63, 3.8) is 0 Å². The fourth-order valence-corrected chi connectivity index (χ4v) is 1.38. The highest BCUT2D eigenvalue weighted by Gasteiger charge is 2.17. The molecule has 0 bridgehead atoms. The minimum atomic E-state index is -0.294. The van der Waals surface area contributed by atoms with E-state index >= 15 is 0 Å². The first-order chi connectivity index (χ1) is 6.90. The highest BCUT2D eigenvalue weighted by molar-refractivity contribution is 5.34. The van der Waals surface area contributed by atoms with E-state index in [0.717, 1.165) is 31.1 Å². The lowest BCUT2D eigenvalue weighted by atomic mass is 10.3. The van der Waals surface area contributed by atoms with E-state index < -0.39 is 0 Å². The molecule has 1 aromatic rings. The monoisotopic (exact) mass is 194 g/mol. The molecule has 2 rings (SSSR count). The Balaban J connectivity index is 2.13. The Kier molecular flexibility index (Phi) is 2.96. The summed E-state index contributed by atoms with van der Waals surface area (Å²) in [5.41, 5.74) is 0.830. The molecule has 0 aliphatic carbocycles. The van der Waals surface area contributed by atoms with Crippen LogP contribution in [0.15, 0.2) is 18.2 Å². The summed E-state index contributed by atoms with van der Waals surface area (Å²) in [5, 5.41) is 2.98. The van der Waals surface area contributed by atoms with Gasteiger partial charge in [0.05, 0.1) is 18.9 Å². The summed E-state index contributed by atoms with van der Waals surface area (Å²) >= 11 is 0. The molecule has 1 aliphatic rings. The third-order valence-corrected chi connectivity index (χ3v) is 2.10. The second-order valence-corrected chi connectivity index (χ2v) is 3.12. The Morgan fingerprint density at radius 3 is 2.86 bits per heavy atom. The van der Waals surface area contributed by atoms with Gasteiger partial charge in [0.15, 0.2) is 0 Å². The number of anilines is 1. The van der Waals surface area contributed by atoms with Crippen molar-refractivity contribution in [2.75, 3.05) is 25.6 Å². The summed E-state index contributed by atoms with van der Waals surface area (Å²) in [5.74, 6) is 0.834. The van der Waals surface area contributed by atoms with E-state index in [9.17, 15) is 0 Å². The second-order valence-electron chi connectivity index (χ2n) is 3.12. The molecule has 1 aliphatic heterocycles. The number of aromatic nitrogens is 1. The number of ether oxygens (including phenoxy) is 2. The molecule has 0 unspecified atom stereocenters. The van der Waals surface area contributed by atoms with Gasteiger partial charge < -0.3 is 14.8 Å². The van der Waals surface area contributed by atoms with Crippen molar-refractivity contribution < 1.29 is 9.47 Å². The normalized spacial score (nSPS) is 18.1. The summed E-state index contributed by atoms with van der Waals surface area (Å²) in [6.45, 7) is 1.49. The van der Waals surface area contributed by atoms with Gasteiger partial charge >= 0.3 is 0 Å². The fourth-order valence-electron chi connectivity index (χ4n) is 1.38. The van der Waals surface area contributed by atoms with Crippen molar-refractivity contribution in [2.24, 2.45) is 0 Å². The standard InChI is InChI=1S/C10H14N2O2/c1-11-9-5-2-4-8(12-9)10-13-6-3-7-14-10/h2,4-5,10H,3,6-7H2,1H3,(H,11,12). The highest BCUT2D eigenvalue weighted by atomic mass is 16.7. The van der Waals surface area contributed by atoms with Gasteiger partial charge in [0.1, 0.15) is 5.82 Å². The molecule has 1 N–H and O–H groups in total. The van der Waals surface area contributed by atoms with Gasteiger partial charge in [-0.3, -0.25) is 0 Å². The lowest BCUT2D eigenvalue weighted by Gasteiger charge is -2.22. The summed E-state index contributed by atoms with van der Waals surface area (Å²) in [4.78, 5) is 4.35. The van der Waals surface area contributed by atoms with E-state index in [2.05, 4.69) is 10.3 Å². The first kappa shape index (κ1) is 9.43. The second kappa shape index (κ2) is 4.39. The van der Waals surface area contributed by atoms with Crippen molar-refractivity contribution in [3.05, 3.63) is 23.9 Å². The predicted molar refractivity (Wildman–Crippen MR) is 53.0 cm³/mol. The zero-order valence-corrected chi connectivity index (χ0v) is 8.19. The van der Waals surface area contributed by atoms with Gasteiger partial charge in [0, 0.05) is 7.05 Å². The Bertz CT molecular complexity index is 298. The van der Waals surface area contributed by atoms with E-state index in [1.54, 1.807) is 0 Å². The number of hydrogen-bond donors (Lipinski definition) is 1. The average molecular weight is 194 g/mol. The topological polar surface area (TPSA) is 43.4 Å². The van der Waals surface area contributed by atoms with Crippen LogP contribution < -0.4 is 5.32 Å². The van der Waals surface area contributed by atoms with E-state index in [4.69, 9.17) is 9.47 Å². The quantitative estimate of drug-likeness (QED) is 0.775. The summed E-state index contributed by atoms with van der Waals surface area (Å²) in [7, 11) is 1.84. The van der Waals surface area contributed by atoms with Gasteiger partial charge in [-0.2, -0.15) is 0 Å². The largest absolute Gasteiger partial charge is 0.373 e. The Labute approximate surface area is 83.2 Å². The van der Waals surface area contributed by atoms with Crippen LogP contribution in [-0.2, 0) is 9.47 Å². The maximum atomic E-state index is 5.45. The molecular weight excluding hydrogens is 180 g/mol. The SMILES string of the molecule is CNc1cccc(C2OCCCO2)n1. The molecule has 1 fully saturated rings. The van der Waals surface area contributed by atoms with Crippen molar-refractivity contribution in [3.8, 4) is 0 Å². The number of hydrogen-bond acceptors (Lipinski definition) is 4. The minimum absolute atomic E-state index is 0.294. The van der Waals surface area contributed by atoms with E-state index in [1.165, 1.54) is 0 Å². The fraction of sp³-hybridized carbons (Fsp3) is 0.500. The molecular formula is C10H14N2O2. The molecule has 0 amide bonds. The van der Waals surface area contributed by atoms with Gasteiger partial charge in [0.2, 0.25) is 6.29 Å².